The monoisotopic (exact) mass is 757 g/mol. The minimum atomic E-state index is -1.02. The lowest BCUT2D eigenvalue weighted by Gasteiger charge is -2.29. The fourth-order valence-corrected chi connectivity index (χ4v) is 8.22. The van der Waals surface area contributed by atoms with Crippen LogP contribution in [0, 0.1) is 27.7 Å². The van der Waals surface area contributed by atoms with Gasteiger partial charge in [-0.15, -0.1) is 0 Å². The van der Waals surface area contributed by atoms with E-state index in [1.54, 1.807) is 12.1 Å². The number of ether oxygens (including phenoxy) is 1. The number of aromatic carboxylic acids is 1. The minimum absolute atomic E-state index is 0.119. The summed E-state index contributed by atoms with van der Waals surface area (Å²) in [6.07, 6.45) is 1.95. The molecule has 11 nitrogen and oxygen atoms in total. The van der Waals surface area contributed by atoms with Crippen LogP contribution in [0.15, 0.2) is 36.4 Å². The number of pyridine rings is 1. The summed E-state index contributed by atoms with van der Waals surface area (Å²) in [5.74, 6) is 0.240. The van der Waals surface area contributed by atoms with E-state index in [9.17, 15) is 14.7 Å². The Labute approximate surface area is 319 Å². The molecule has 1 fully saturated rings. The fourth-order valence-electron chi connectivity index (χ4n) is 7.87. The quantitative estimate of drug-likeness (QED) is 0.145. The summed E-state index contributed by atoms with van der Waals surface area (Å²) in [6.45, 7) is 12.7. The van der Waals surface area contributed by atoms with E-state index < -0.39 is 5.97 Å². The molecule has 0 atom stereocenters. The molecular formula is C40H45Cl2N7O4. The van der Waals surface area contributed by atoms with E-state index in [2.05, 4.69) is 14.8 Å². The number of amides is 1. The van der Waals surface area contributed by atoms with Crippen LogP contribution in [0.4, 0.5) is 5.82 Å². The molecule has 13 heteroatoms. The number of halogens is 2. The Balaban J connectivity index is 1.29. The number of nitrogens with one attached hydrogen (secondary N) is 1. The number of hydrogen-bond acceptors (Lipinski definition) is 7. The maximum absolute atomic E-state index is 14.9. The number of aryl methyl sites for hydroxylation is 6. The van der Waals surface area contributed by atoms with Crippen molar-refractivity contribution < 1.29 is 19.4 Å². The maximum atomic E-state index is 14.9. The molecule has 278 valence electrons. The van der Waals surface area contributed by atoms with Gasteiger partial charge in [-0.2, -0.15) is 5.10 Å². The molecule has 0 spiro atoms. The minimum Gasteiger partial charge on any atom is -0.494 e. The van der Waals surface area contributed by atoms with E-state index in [-0.39, 0.29) is 18.0 Å². The smallest absolute Gasteiger partial charge is 0.335 e. The summed E-state index contributed by atoms with van der Waals surface area (Å²) in [4.78, 5) is 35.9. The first kappa shape index (κ1) is 36.8. The number of carboxylic acid groups (broad SMARTS) is 1. The molecule has 53 heavy (non-hydrogen) atoms. The zero-order valence-corrected chi connectivity index (χ0v) is 32.4. The van der Waals surface area contributed by atoms with Gasteiger partial charge in [-0.1, -0.05) is 29.3 Å². The van der Waals surface area contributed by atoms with Gasteiger partial charge in [0.15, 0.2) is 0 Å². The van der Waals surface area contributed by atoms with Gasteiger partial charge >= 0.3 is 5.97 Å². The second kappa shape index (κ2) is 15.0. The predicted molar refractivity (Wildman–Crippen MR) is 209 cm³/mol. The number of piperazine rings is 1. The number of carbonyl (C=O) groups is 2. The zero-order chi connectivity index (χ0) is 37.6. The van der Waals surface area contributed by atoms with Gasteiger partial charge in [0.25, 0.3) is 5.91 Å². The number of carboxylic acids is 1. The van der Waals surface area contributed by atoms with Crippen molar-refractivity contribution in [2.24, 2.45) is 7.05 Å². The van der Waals surface area contributed by atoms with Crippen molar-refractivity contribution in [3.05, 3.63) is 91.5 Å². The Morgan fingerprint density at radius 1 is 0.981 bits per heavy atom. The predicted octanol–water partition coefficient (Wildman–Crippen LogP) is 7.14. The molecule has 3 aromatic heterocycles. The van der Waals surface area contributed by atoms with Crippen molar-refractivity contribution in [3.8, 4) is 16.9 Å². The van der Waals surface area contributed by atoms with Crippen LogP contribution < -0.4 is 15.0 Å². The maximum Gasteiger partial charge on any atom is 0.335 e. The molecule has 7 rings (SSSR count). The number of fused-ring (bicyclic) bond motifs is 3. The summed E-state index contributed by atoms with van der Waals surface area (Å²) in [7, 11) is 1.93. The van der Waals surface area contributed by atoms with Crippen molar-refractivity contribution in [2.45, 2.75) is 60.0 Å². The van der Waals surface area contributed by atoms with Crippen LogP contribution in [0.2, 0.25) is 10.0 Å². The number of benzene rings is 2. The Morgan fingerprint density at radius 3 is 2.40 bits per heavy atom. The summed E-state index contributed by atoms with van der Waals surface area (Å²) >= 11 is 13.5. The molecule has 0 aliphatic carbocycles. The highest BCUT2D eigenvalue weighted by atomic mass is 35.5. The SMILES string of the molecule is Cc1cc(OCCCc2c3n(c4c(-c5c(C)nn(C)c5C)c(Cl)ccc24)CCCN(Cc2cc(C(=O)O)cc(N4CCNCC4)n2)C3=O)cc(C)c1Cl. The molecule has 2 aromatic carbocycles. The Bertz CT molecular complexity index is 2220. The average Bonchev–Trinajstić information content (AvgIpc) is 3.52. The third-order valence-electron chi connectivity index (χ3n) is 10.5. The van der Waals surface area contributed by atoms with Crippen molar-refractivity contribution in [1.29, 1.82) is 0 Å². The number of rotatable bonds is 10. The third-order valence-corrected chi connectivity index (χ3v) is 11.4. The molecule has 5 aromatic rings. The lowest BCUT2D eigenvalue weighted by molar-refractivity contribution is 0.0696. The molecule has 0 unspecified atom stereocenters. The van der Waals surface area contributed by atoms with E-state index in [1.165, 1.54) is 0 Å². The van der Waals surface area contributed by atoms with E-state index >= 15 is 0 Å². The molecule has 2 aliphatic rings. The highest BCUT2D eigenvalue weighted by Crippen LogP contribution is 2.43. The average molecular weight is 759 g/mol. The Morgan fingerprint density at radius 2 is 1.72 bits per heavy atom. The van der Waals surface area contributed by atoms with Crippen LogP contribution in [0.1, 0.15) is 67.5 Å². The fraction of sp³-hybridized carbons (Fsp3) is 0.400. The van der Waals surface area contributed by atoms with Crippen LogP contribution in [-0.4, -0.2) is 80.5 Å². The topological polar surface area (TPSA) is 118 Å². The molecular weight excluding hydrogens is 713 g/mol. The van der Waals surface area contributed by atoms with Crippen LogP contribution in [-0.2, 0) is 26.6 Å². The highest BCUT2D eigenvalue weighted by molar-refractivity contribution is 6.35. The second-order valence-corrected chi connectivity index (χ2v) is 14.9. The molecule has 5 heterocycles. The summed E-state index contributed by atoms with van der Waals surface area (Å²) < 4.78 is 10.2. The van der Waals surface area contributed by atoms with Gasteiger partial charge in [-0.3, -0.25) is 9.48 Å². The Hall–Kier alpha value is -4.58. The standard InChI is InChI=1S/C40H45Cl2N7O4/c1-23-18-29(19-24(2)36(23)42)53-17-6-8-30-31-9-10-32(41)35(34-25(3)45-46(5)26(34)4)37(31)49-14-7-13-48(39(50)38(30)49)22-28-20-27(40(51)52)21-33(44-28)47-15-11-43-12-16-47/h9-10,18-21,43H,6-8,11-17,22H2,1-5H3,(H,51,52). The van der Waals surface area contributed by atoms with Crippen molar-refractivity contribution in [2.75, 3.05) is 44.2 Å². The van der Waals surface area contributed by atoms with E-state index in [0.717, 1.165) is 87.1 Å². The largest absolute Gasteiger partial charge is 0.494 e. The van der Waals surface area contributed by atoms with Crippen molar-refractivity contribution in [3.63, 3.8) is 0 Å². The molecule has 2 N–H and O–H groups in total. The van der Waals surface area contributed by atoms with Crippen LogP contribution in [0.25, 0.3) is 22.0 Å². The summed E-state index contributed by atoms with van der Waals surface area (Å²) in [5.41, 5.74) is 8.81. The number of nitrogens with zero attached hydrogens (tertiary/aromatic N) is 6. The van der Waals surface area contributed by atoms with Crippen LogP contribution in [0.5, 0.6) is 5.75 Å². The number of anilines is 1. The molecule has 1 saturated heterocycles. The van der Waals surface area contributed by atoms with Gasteiger partial charge in [0.2, 0.25) is 0 Å². The van der Waals surface area contributed by atoms with Gasteiger partial charge in [0.1, 0.15) is 17.3 Å². The van der Waals surface area contributed by atoms with Crippen LogP contribution >= 0.6 is 23.2 Å². The van der Waals surface area contributed by atoms with Gasteiger partial charge < -0.3 is 29.5 Å². The third kappa shape index (κ3) is 7.10. The number of hydrogen-bond donors (Lipinski definition) is 2. The molecule has 2 aliphatic heterocycles. The van der Waals surface area contributed by atoms with Crippen LogP contribution in [0.3, 0.4) is 0 Å². The second-order valence-electron chi connectivity index (χ2n) is 14.1. The molecule has 0 radical (unpaired) electrons. The lowest BCUT2D eigenvalue weighted by Crippen LogP contribution is -2.44. The first-order valence-electron chi connectivity index (χ1n) is 18.2. The first-order chi connectivity index (χ1) is 25.4. The zero-order valence-electron chi connectivity index (χ0n) is 30.9. The normalized spacial score (nSPS) is 14.9. The molecule has 0 saturated carbocycles. The highest BCUT2D eigenvalue weighted by Gasteiger charge is 2.32. The van der Waals surface area contributed by atoms with Gasteiger partial charge in [0, 0.05) is 73.5 Å². The van der Waals surface area contributed by atoms with Gasteiger partial charge in [-0.25, -0.2) is 9.78 Å². The number of carbonyl (C=O) groups excluding carboxylic acids is 1. The summed E-state index contributed by atoms with van der Waals surface area (Å²) in [5, 5.41) is 20.4. The number of aromatic nitrogens is 4. The van der Waals surface area contributed by atoms with Gasteiger partial charge in [0.05, 0.1) is 40.6 Å². The summed E-state index contributed by atoms with van der Waals surface area (Å²) in [6, 6.07) is 11.1. The first-order valence-corrected chi connectivity index (χ1v) is 18.9. The van der Waals surface area contributed by atoms with E-state index in [4.69, 9.17) is 38.0 Å². The Kier molecular flexibility index (Phi) is 10.4. The van der Waals surface area contributed by atoms with E-state index in [0.29, 0.717) is 61.2 Å². The molecule has 1 amide bonds. The lowest BCUT2D eigenvalue weighted by atomic mass is 9.98. The van der Waals surface area contributed by atoms with Crippen molar-refractivity contribution >= 4 is 51.8 Å². The molecule has 0 bridgehead atoms. The van der Waals surface area contributed by atoms with Gasteiger partial charge in [-0.05, 0) is 94.0 Å². The van der Waals surface area contributed by atoms with E-state index in [1.807, 2.05) is 68.6 Å². The van der Waals surface area contributed by atoms with Crippen molar-refractivity contribution in [1.82, 2.24) is 29.5 Å².